The monoisotopic (exact) mass is 358 g/mol. The predicted octanol–water partition coefficient (Wildman–Crippen LogP) is 7.10. The normalized spacial score (nSPS) is 14.0. The molecule has 0 atom stereocenters. The van der Waals surface area contributed by atoms with Crippen molar-refractivity contribution in [2.75, 3.05) is 0 Å². The summed E-state index contributed by atoms with van der Waals surface area (Å²) < 4.78 is 42.9. The quantitative estimate of drug-likeness (QED) is 0.317. The fourth-order valence-corrected chi connectivity index (χ4v) is 3.70. The number of rotatable bonds is 2. The van der Waals surface area contributed by atoms with E-state index in [1.807, 2.05) is 66.7 Å². The van der Waals surface area contributed by atoms with E-state index in [4.69, 9.17) is 18.5 Å². The van der Waals surface area contributed by atoms with Crippen molar-refractivity contribution in [3.05, 3.63) is 102 Å². The van der Waals surface area contributed by atoms with Crippen LogP contribution in [0.2, 0.25) is 5.02 Å². The number of hydrogen-bond acceptors (Lipinski definition) is 0. The van der Waals surface area contributed by atoms with Crippen LogP contribution in [-0.2, 0) is 0 Å². The second kappa shape index (κ2) is 6.05. The van der Waals surface area contributed by atoms with E-state index in [0.29, 0.717) is 5.02 Å². The van der Waals surface area contributed by atoms with Gasteiger partial charge < -0.3 is 4.57 Å². The number of para-hydroxylation sites is 2. The van der Waals surface area contributed by atoms with E-state index < -0.39 is 6.04 Å². The Balaban J connectivity index is 1.98. The van der Waals surface area contributed by atoms with Crippen LogP contribution in [0, 0.1) is 0 Å². The van der Waals surface area contributed by atoms with E-state index in [2.05, 4.69) is 0 Å². The second-order valence-electron chi connectivity index (χ2n) is 6.04. The van der Waals surface area contributed by atoms with Crippen LogP contribution in [0.3, 0.4) is 0 Å². The van der Waals surface area contributed by atoms with Gasteiger partial charge >= 0.3 is 0 Å². The van der Waals surface area contributed by atoms with Gasteiger partial charge in [-0.2, -0.15) is 0 Å². The van der Waals surface area contributed by atoms with E-state index in [9.17, 15) is 0 Å². The lowest BCUT2D eigenvalue weighted by Gasteiger charge is -2.08. The standard InChI is InChI=1S/C24H16ClN/c25-18-9-6-8-17(16-18)20-13-7-15-23-24(20)21-12-4-5-14-22(21)26(23)19-10-2-1-3-11-19/h1-16H/i1D,2D,3D,10D,11D. The van der Waals surface area contributed by atoms with Crippen molar-refractivity contribution in [1.29, 1.82) is 0 Å². The number of hydrogen-bond donors (Lipinski definition) is 0. The van der Waals surface area contributed by atoms with Gasteiger partial charge in [-0.25, -0.2) is 0 Å². The number of halogens is 1. The molecule has 5 rings (SSSR count). The lowest BCUT2D eigenvalue weighted by Crippen LogP contribution is -1.92. The second-order valence-corrected chi connectivity index (χ2v) is 6.47. The Kier molecular flexibility index (Phi) is 2.52. The summed E-state index contributed by atoms with van der Waals surface area (Å²) in [5.74, 6) is 0. The number of benzene rings is 4. The smallest absolute Gasteiger partial charge is 0.0645 e. The van der Waals surface area contributed by atoms with E-state index in [0.717, 1.165) is 32.9 Å². The summed E-state index contributed by atoms with van der Waals surface area (Å²) in [4.78, 5) is 0. The average Bonchev–Trinajstić information content (AvgIpc) is 3.11. The van der Waals surface area contributed by atoms with Gasteiger partial charge in [0.2, 0.25) is 0 Å². The fourth-order valence-electron chi connectivity index (χ4n) is 3.51. The first-order chi connectivity index (χ1) is 14.9. The number of aromatic nitrogens is 1. The minimum absolute atomic E-state index is 0.139. The molecule has 0 radical (unpaired) electrons. The molecule has 4 aromatic carbocycles. The molecule has 5 aromatic rings. The molecule has 1 heterocycles. The van der Waals surface area contributed by atoms with Crippen LogP contribution in [-0.4, -0.2) is 4.57 Å². The first kappa shape index (κ1) is 10.8. The van der Waals surface area contributed by atoms with Gasteiger partial charge in [-0.3, -0.25) is 0 Å². The summed E-state index contributed by atoms with van der Waals surface area (Å²) in [7, 11) is 0. The average molecular weight is 359 g/mol. The summed E-state index contributed by atoms with van der Waals surface area (Å²) in [6.45, 7) is 0. The Bertz CT molecular complexity index is 1480. The predicted molar refractivity (Wildman–Crippen MR) is 111 cm³/mol. The highest BCUT2D eigenvalue weighted by Crippen LogP contribution is 2.38. The summed E-state index contributed by atoms with van der Waals surface area (Å²) in [5.41, 5.74) is 3.58. The maximum Gasteiger partial charge on any atom is 0.0645 e. The third-order valence-electron chi connectivity index (χ3n) is 4.54. The van der Waals surface area contributed by atoms with Gasteiger partial charge in [-0.1, -0.05) is 72.2 Å². The maximum absolute atomic E-state index is 8.50. The topological polar surface area (TPSA) is 4.93 Å². The molecule has 0 spiro atoms. The van der Waals surface area contributed by atoms with E-state index in [1.54, 1.807) is 4.57 Å². The molecule has 1 nitrogen and oxygen atoms in total. The van der Waals surface area contributed by atoms with Crippen molar-refractivity contribution < 1.29 is 6.85 Å². The summed E-state index contributed by atoms with van der Waals surface area (Å²) in [5, 5.41) is 2.50. The number of nitrogens with zero attached hydrogens (tertiary/aromatic N) is 1. The molecule has 0 saturated carbocycles. The first-order valence-corrected chi connectivity index (χ1v) is 8.63. The van der Waals surface area contributed by atoms with Crippen molar-refractivity contribution in [1.82, 2.24) is 4.57 Å². The molecular weight excluding hydrogens is 338 g/mol. The zero-order valence-electron chi connectivity index (χ0n) is 18.7. The van der Waals surface area contributed by atoms with Gasteiger partial charge in [0, 0.05) is 21.5 Å². The van der Waals surface area contributed by atoms with Crippen LogP contribution in [0.15, 0.2) is 96.9 Å². The Morgan fingerprint density at radius 1 is 0.769 bits per heavy atom. The minimum Gasteiger partial charge on any atom is -0.309 e. The van der Waals surface area contributed by atoms with Crippen molar-refractivity contribution in [3.63, 3.8) is 0 Å². The molecule has 2 heteroatoms. The zero-order chi connectivity index (χ0) is 21.9. The molecule has 0 unspecified atom stereocenters. The lowest BCUT2D eigenvalue weighted by atomic mass is 9.99. The zero-order valence-corrected chi connectivity index (χ0v) is 14.4. The Hall–Kier alpha value is -3.03. The van der Waals surface area contributed by atoms with E-state index in [1.165, 1.54) is 0 Å². The number of fused-ring (bicyclic) bond motifs is 3. The van der Waals surface area contributed by atoms with Crippen molar-refractivity contribution in [3.8, 4) is 16.8 Å². The van der Waals surface area contributed by atoms with Crippen molar-refractivity contribution >= 4 is 33.4 Å². The van der Waals surface area contributed by atoms with E-state index in [-0.39, 0.29) is 29.9 Å². The minimum atomic E-state index is -0.404. The Morgan fingerprint density at radius 3 is 2.38 bits per heavy atom. The van der Waals surface area contributed by atoms with Gasteiger partial charge in [0.05, 0.1) is 17.9 Å². The first-order valence-electron chi connectivity index (χ1n) is 10.8. The van der Waals surface area contributed by atoms with Crippen molar-refractivity contribution in [2.24, 2.45) is 0 Å². The highest BCUT2D eigenvalue weighted by Gasteiger charge is 2.15. The Labute approximate surface area is 164 Å². The summed E-state index contributed by atoms with van der Waals surface area (Å²) >= 11 is 6.24. The maximum atomic E-state index is 8.50. The van der Waals surface area contributed by atoms with Crippen LogP contribution in [0.5, 0.6) is 0 Å². The molecule has 0 N–H and O–H groups in total. The molecule has 1 aromatic heterocycles. The molecule has 0 saturated heterocycles. The molecule has 0 aliphatic rings. The molecular formula is C24H16ClN. The molecule has 0 aliphatic heterocycles. The summed E-state index contributed by atoms with van der Waals surface area (Å²) in [6, 6.07) is 19.5. The highest BCUT2D eigenvalue weighted by molar-refractivity contribution is 6.31. The molecule has 0 aliphatic carbocycles. The van der Waals surface area contributed by atoms with Crippen LogP contribution < -0.4 is 0 Å². The third-order valence-corrected chi connectivity index (χ3v) is 4.78. The highest BCUT2D eigenvalue weighted by atomic mass is 35.5. The Morgan fingerprint density at radius 2 is 1.54 bits per heavy atom. The van der Waals surface area contributed by atoms with Crippen molar-refractivity contribution in [2.45, 2.75) is 0 Å². The SMILES string of the molecule is [2H]c1c([2H])c([2H])c(-n2c3ccccc3c3c(-c4cccc(Cl)c4)cccc32)c([2H])c1[2H]. The lowest BCUT2D eigenvalue weighted by molar-refractivity contribution is 1.18. The van der Waals surface area contributed by atoms with Crippen LogP contribution in [0.1, 0.15) is 6.85 Å². The van der Waals surface area contributed by atoms with Gasteiger partial charge in [-0.05, 0) is 47.5 Å². The van der Waals surface area contributed by atoms with Gasteiger partial charge in [0.1, 0.15) is 0 Å². The van der Waals surface area contributed by atoms with Crippen LogP contribution >= 0.6 is 11.6 Å². The van der Waals surface area contributed by atoms with Gasteiger partial charge in [-0.15, -0.1) is 0 Å². The molecule has 0 fully saturated rings. The third kappa shape index (κ3) is 2.33. The molecule has 26 heavy (non-hydrogen) atoms. The largest absolute Gasteiger partial charge is 0.309 e. The van der Waals surface area contributed by atoms with E-state index >= 15 is 0 Å². The van der Waals surface area contributed by atoms with Gasteiger partial charge in [0.25, 0.3) is 0 Å². The summed E-state index contributed by atoms with van der Waals surface area (Å²) in [6.07, 6.45) is 0. The molecule has 0 amide bonds. The van der Waals surface area contributed by atoms with Crippen LogP contribution in [0.4, 0.5) is 0 Å². The van der Waals surface area contributed by atoms with Gasteiger partial charge in [0.15, 0.2) is 0 Å². The molecule has 124 valence electrons. The van der Waals surface area contributed by atoms with Crippen LogP contribution in [0.25, 0.3) is 38.6 Å². The fraction of sp³-hybridized carbons (Fsp3) is 0. The molecule has 0 bridgehead atoms.